The standard InChI is InChI=1S/C11H16ClFN2O2S/c1-14-7-2-3-8-18(16,17)15-10-6-4-5-9(12)11(10)13/h4-6,14-15H,2-3,7-8H2,1H3. The minimum absolute atomic E-state index is 0.0410. The number of sulfonamides is 1. The van der Waals surface area contributed by atoms with Gasteiger partial charge in [-0.2, -0.15) is 0 Å². The zero-order chi connectivity index (χ0) is 13.6. The summed E-state index contributed by atoms with van der Waals surface area (Å²) >= 11 is 5.57. The van der Waals surface area contributed by atoms with Gasteiger partial charge in [-0.3, -0.25) is 4.72 Å². The van der Waals surface area contributed by atoms with Crippen LogP contribution in [0.3, 0.4) is 0 Å². The van der Waals surface area contributed by atoms with Gasteiger partial charge in [-0.15, -0.1) is 0 Å². The molecule has 0 amide bonds. The molecule has 0 unspecified atom stereocenters. The predicted octanol–water partition coefficient (Wildman–Crippen LogP) is 2.22. The van der Waals surface area contributed by atoms with Crippen LogP contribution in [0.4, 0.5) is 10.1 Å². The van der Waals surface area contributed by atoms with E-state index in [2.05, 4.69) is 10.0 Å². The zero-order valence-corrected chi connectivity index (χ0v) is 11.6. The van der Waals surface area contributed by atoms with E-state index in [1.54, 1.807) is 7.05 Å². The van der Waals surface area contributed by atoms with Crippen LogP contribution in [0.25, 0.3) is 0 Å². The highest BCUT2D eigenvalue weighted by Gasteiger charge is 2.14. The second-order valence-corrected chi connectivity index (χ2v) is 6.08. The lowest BCUT2D eigenvalue weighted by atomic mass is 10.3. The van der Waals surface area contributed by atoms with Crippen molar-refractivity contribution in [1.29, 1.82) is 0 Å². The molecule has 7 heteroatoms. The van der Waals surface area contributed by atoms with Crippen LogP contribution in [0.2, 0.25) is 5.02 Å². The predicted molar refractivity (Wildman–Crippen MR) is 72.0 cm³/mol. The molecule has 0 saturated carbocycles. The van der Waals surface area contributed by atoms with Gasteiger partial charge in [0.15, 0.2) is 5.82 Å². The van der Waals surface area contributed by atoms with E-state index < -0.39 is 15.8 Å². The van der Waals surface area contributed by atoms with Crippen LogP contribution in [0.5, 0.6) is 0 Å². The first-order valence-electron chi connectivity index (χ1n) is 5.55. The molecule has 0 atom stereocenters. The van der Waals surface area contributed by atoms with E-state index in [1.807, 2.05) is 0 Å². The first-order valence-corrected chi connectivity index (χ1v) is 7.58. The lowest BCUT2D eigenvalue weighted by Gasteiger charge is -2.09. The monoisotopic (exact) mass is 294 g/mol. The van der Waals surface area contributed by atoms with Crippen LogP contribution >= 0.6 is 11.6 Å². The van der Waals surface area contributed by atoms with Crippen molar-refractivity contribution in [2.45, 2.75) is 12.8 Å². The van der Waals surface area contributed by atoms with Crippen molar-refractivity contribution in [1.82, 2.24) is 5.32 Å². The van der Waals surface area contributed by atoms with Crippen molar-refractivity contribution in [3.05, 3.63) is 29.0 Å². The third-order valence-electron chi connectivity index (χ3n) is 2.31. The molecule has 0 aliphatic rings. The molecule has 0 heterocycles. The number of rotatable bonds is 7. The van der Waals surface area contributed by atoms with Crippen LogP contribution in [0, 0.1) is 5.82 Å². The zero-order valence-electron chi connectivity index (χ0n) is 10.0. The Labute approximate surface area is 112 Å². The summed E-state index contributed by atoms with van der Waals surface area (Å²) in [7, 11) is -1.73. The van der Waals surface area contributed by atoms with Crippen LogP contribution in [-0.2, 0) is 10.0 Å². The Hall–Kier alpha value is -0.850. The second kappa shape index (κ2) is 6.92. The van der Waals surface area contributed by atoms with Gasteiger partial charge in [0, 0.05) is 0 Å². The van der Waals surface area contributed by atoms with Gasteiger partial charge in [-0.25, -0.2) is 12.8 Å². The van der Waals surface area contributed by atoms with Crippen molar-refractivity contribution >= 4 is 27.3 Å². The van der Waals surface area contributed by atoms with E-state index in [0.717, 1.165) is 13.0 Å². The van der Waals surface area contributed by atoms with Crippen molar-refractivity contribution in [3.8, 4) is 0 Å². The second-order valence-electron chi connectivity index (χ2n) is 3.83. The smallest absolute Gasteiger partial charge is 0.232 e. The molecular weight excluding hydrogens is 279 g/mol. The lowest BCUT2D eigenvalue weighted by Crippen LogP contribution is -2.18. The van der Waals surface area contributed by atoms with Crippen LogP contribution in [0.15, 0.2) is 18.2 Å². The molecule has 0 radical (unpaired) electrons. The maximum Gasteiger partial charge on any atom is 0.232 e. The summed E-state index contributed by atoms with van der Waals surface area (Å²) < 4.78 is 39.1. The van der Waals surface area contributed by atoms with Gasteiger partial charge in [0.25, 0.3) is 0 Å². The number of hydrogen-bond acceptors (Lipinski definition) is 3. The number of hydrogen-bond donors (Lipinski definition) is 2. The molecule has 0 aliphatic carbocycles. The molecule has 0 bridgehead atoms. The SMILES string of the molecule is CNCCCCS(=O)(=O)Nc1cccc(Cl)c1F. The van der Waals surface area contributed by atoms with Crippen molar-refractivity contribution in [3.63, 3.8) is 0 Å². The molecule has 1 aromatic carbocycles. The fourth-order valence-electron chi connectivity index (χ4n) is 1.40. The van der Waals surface area contributed by atoms with Crippen LogP contribution < -0.4 is 10.0 Å². The number of nitrogens with one attached hydrogen (secondary N) is 2. The molecule has 0 aromatic heterocycles. The molecule has 0 spiro atoms. The third-order valence-corrected chi connectivity index (χ3v) is 3.96. The van der Waals surface area contributed by atoms with E-state index in [0.29, 0.717) is 6.42 Å². The topological polar surface area (TPSA) is 58.2 Å². The van der Waals surface area contributed by atoms with E-state index >= 15 is 0 Å². The van der Waals surface area contributed by atoms with Crippen LogP contribution in [-0.4, -0.2) is 27.8 Å². The number of benzene rings is 1. The van der Waals surface area contributed by atoms with Gasteiger partial charge in [-0.1, -0.05) is 17.7 Å². The average molecular weight is 295 g/mol. The Morgan fingerprint density at radius 3 is 2.72 bits per heavy atom. The van der Waals surface area contributed by atoms with Gasteiger partial charge in [0.1, 0.15) is 0 Å². The molecule has 102 valence electrons. The fourth-order valence-corrected chi connectivity index (χ4v) is 2.75. The maximum atomic E-state index is 13.5. The summed E-state index contributed by atoms with van der Waals surface area (Å²) in [5.41, 5.74) is -0.115. The highest BCUT2D eigenvalue weighted by molar-refractivity contribution is 7.92. The summed E-state index contributed by atoms with van der Waals surface area (Å²) in [6.45, 7) is 0.751. The van der Waals surface area contributed by atoms with Gasteiger partial charge in [-0.05, 0) is 38.6 Å². The molecule has 2 N–H and O–H groups in total. The molecule has 0 saturated heterocycles. The fraction of sp³-hybridized carbons (Fsp3) is 0.455. The number of anilines is 1. The normalized spacial score (nSPS) is 11.5. The Bertz CT molecular complexity index is 494. The van der Waals surface area contributed by atoms with E-state index in [9.17, 15) is 12.8 Å². The summed E-state index contributed by atoms with van der Waals surface area (Å²) in [5.74, 6) is -0.793. The van der Waals surface area contributed by atoms with E-state index in [-0.39, 0.29) is 16.5 Å². The molecular formula is C11H16ClFN2O2S. The minimum Gasteiger partial charge on any atom is -0.320 e. The Morgan fingerprint density at radius 2 is 2.06 bits per heavy atom. The van der Waals surface area contributed by atoms with E-state index in [4.69, 9.17) is 11.6 Å². The molecule has 0 aliphatic heterocycles. The Balaban J connectivity index is 2.62. The Morgan fingerprint density at radius 1 is 1.33 bits per heavy atom. The van der Waals surface area contributed by atoms with Gasteiger partial charge < -0.3 is 5.32 Å². The first-order chi connectivity index (χ1) is 8.46. The summed E-state index contributed by atoms with van der Waals surface area (Å²) in [4.78, 5) is 0. The largest absolute Gasteiger partial charge is 0.320 e. The van der Waals surface area contributed by atoms with E-state index in [1.165, 1.54) is 18.2 Å². The molecule has 1 rings (SSSR count). The molecule has 0 fully saturated rings. The molecule has 18 heavy (non-hydrogen) atoms. The van der Waals surface area contributed by atoms with Crippen molar-refractivity contribution in [2.24, 2.45) is 0 Å². The van der Waals surface area contributed by atoms with Crippen molar-refractivity contribution < 1.29 is 12.8 Å². The van der Waals surface area contributed by atoms with Gasteiger partial charge >= 0.3 is 0 Å². The average Bonchev–Trinajstić information content (AvgIpc) is 2.31. The van der Waals surface area contributed by atoms with Gasteiger partial charge in [0.2, 0.25) is 10.0 Å². The quantitative estimate of drug-likeness (QED) is 0.758. The summed E-state index contributed by atoms with van der Waals surface area (Å²) in [6.07, 6.45) is 1.26. The number of halogens is 2. The highest BCUT2D eigenvalue weighted by Crippen LogP contribution is 2.22. The lowest BCUT2D eigenvalue weighted by molar-refractivity contribution is 0.593. The highest BCUT2D eigenvalue weighted by atomic mass is 35.5. The van der Waals surface area contributed by atoms with Crippen LogP contribution in [0.1, 0.15) is 12.8 Å². The van der Waals surface area contributed by atoms with Crippen molar-refractivity contribution in [2.75, 3.05) is 24.1 Å². The first kappa shape index (κ1) is 15.2. The van der Waals surface area contributed by atoms with Gasteiger partial charge in [0.05, 0.1) is 16.5 Å². The number of unbranched alkanes of at least 4 members (excludes halogenated alkanes) is 1. The minimum atomic E-state index is -3.53. The Kier molecular flexibility index (Phi) is 5.84. The summed E-state index contributed by atoms with van der Waals surface area (Å²) in [6, 6.07) is 4.19. The molecule has 1 aromatic rings. The summed E-state index contributed by atoms with van der Waals surface area (Å²) in [5, 5.41) is 2.82. The third kappa shape index (κ3) is 4.80. The maximum absolute atomic E-state index is 13.5. The molecule has 4 nitrogen and oxygen atoms in total.